The van der Waals surface area contributed by atoms with Gasteiger partial charge in [0.2, 0.25) is 0 Å². The Hall–Kier alpha value is -4.31. The molecule has 0 aliphatic rings. The standard InChI is InChI=1S/C21H14N4O5S/c26-20(19-2-1-11-31-19)23-15-4-6-16(7-5-15)30-21(27)14-3-8-17(18(12-14)25(28)29)24-10-9-22-13-24/h1-13H,(H,23,26). The molecule has 0 radical (unpaired) electrons. The third-order valence-electron chi connectivity index (χ3n) is 4.26. The normalized spacial score (nSPS) is 10.5. The number of imidazole rings is 1. The summed E-state index contributed by atoms with van der Waals surface area (Å²) in [5, 5.41) is 16.0. The number of ether oxygens (including phenoxy) is 1. The molecule has 1 amide bonds. The highest BCUT2D eigenvalue weighted by atomic mass is 32.1. The summed E-state index contributed by atoms with van der Waals surface area (Å²) in [6, 6.07) is 13.8. The van der Waals surface area contributed by atoms with E-state index in [1.807, 2.05) is 5.38 Å². The third kappa shape index (κ3) is 4.49. The number of benzene rings is 2. The van der Waals surface area contributed by atoms with Gasteiger partial charge in [-0.3, -0.25) is 14.9 Å². The average Bonchev–Trinajstić information content (AvgIpc) is 3.49. The van der Waals surface area contributed by atoms with Crippen molar-refractivity contribution < 1.29 is 19.2 Å². The van der Waals surface area contributed by atoms with Gasteiger partial charge in [-0.1, -0.05) is 6.07 Å². The van der Waals surface area contributed by atoms with Gasteiger partial charge in [0.25, 0.3) is 11.6 Å². The molecule has 0 aliphatic carbocycles. The number of amides is 1. The Morgan fingerprint density at radius 3 is 2.58 bits per heavy atom. The SMILES string of the molecule is O=C(Oc1ccc(NC(=O)c2cccs2)cc1)c1ccc(-n2ccnc2)c([N+](=O)[O-])c1. The molecule has 9 nitrogen and oxygen atoms in total. The Morgan fingerprint density at radius 2 is 1.94 bits per heavy atom. The minimum atomic E-state index is -0.740. The summed E-state index contributed by atoms with van der Waals surface area (Å²) in [5.41, 5.74) is 0.605. The highest BCUT2D eigenvalue weighted by Gasteiger charge is 2.20. The van der Waals surface area contributed by atoms with Gasteiger partial charge in [-0.15, -0.1) is 11.3 Å². The first kappa shape index (κ1) is 20.0. The van der Waals surface area contributed by atoms with Gasteiger partial charge in [-0.05, 0) is 47.8 Å². The first-order valence-electron chi connectivity index (χ1n) is 8.95. The summed E-state index contributed by atoms with van der Waals surface area (Å²) >= 11 is 1.33. The zero-order valence-corrected chi connectivity index (χ0v) is 16.6. The van der Waals surface area contributed by atoms with Gasteiger partial charge in [0.05, 0.1) is 21.7 Å². The number of nitrogens with zero attached hydrogens (tertiary/aromatic N) is 3. The molecule has 4 rings (SSSR count). The quantitative estimate of drug-likeness (QED) is 0.209. The van der Waals surface area contributed by atoms with E-state index >= 15 is 0 Å². The van der Waals surface area contributed by atoms with Gasteiger partial charge in [0.1, 0.15) is 11.4 Å². The van der Waals surface area contributed by atoms with Crippen LogP contribution in [0, 0.1) is 10.1 Å². The molecule has 154 valence electrons. The fourth-order valence-electron chi connectivity index (χ4n) is 2.79. The van der Waals surface area contributed by atoms with Crippen LogP contribution in [0.2, 0.25) is 0 Å². The molecule has 2 heterocycles. The summed E-state index contributed by atoms with van der Waals surface area (Å²) in [6.07, 6.45) is 4.50. The lowest BCUT2D eigenvalue weighted by Crippen LogP contribution is -2.11. The number of rotatable bonds is 6. The molecular weight excluding hydrogens is 420 g/mol. The number of nitro benzene ring substituents is 1. The summed E-state index contributed by atoms with van der Waals surface area (Å²) in [4.78, 5) is 39.9. The second-order valence-corrected chi connectivity index (χ2v) is 7.22. The number of aromatic nitrogens is 2. The number of thiophene rings is 1. The molecule has 1 N–H and O–H groups in total. The maximum absolute atomic E-state index is 12.5. The van der Waals surface area contributed by atoms with E-state index in [1.165, 1.54) is 52.7 Å². The topological polar surface area (TPSA) is 116 Å². The third-order valence-corrected chi connectivity index (χ3v) is 5.13. The fourth-order valence-corrected chi connectivity index (χ4v) is 3.41. The molecule has 0 saturated heterocycles. The molecule has 10 heteroatoms. The van der Waals surface area contributed by atoms with Crippen LogP contribution in [0.25, 0.3) is 5.69 Å². The Balaban J connectivity index is 1.47. The molecule has 2 aromatic heterocycles. The monoisotopic (exact) mass is 434 g/mol. The summed E-state index contributed by atoms with van der Waals surface area (Å²) in [7, 11) is 0. The van der Waals surface area contributed by atoms with Gasteiger partial charge >= 0.3 is 5.97 Å². The molecule has 2 aromatic carbocycles. The number of carbonyl (C=O) groups excluding carboxylic acids is 2. The van der Waals surface area contributed by atoms with Crippen LogP contribution >= 0.6 is 11.3 Å². The minimum absolute atomic E-state index is 0.0330. The van der Waals surface area contributed by atoms with Crippen molar-refractivity contribution in [3.05, 3.63) is 99.3 Å². The van der Waals surface area contributed by atoms with Crippen LogP contribution in [-0.4, -0.2) is 26.4 Å². The van der Waals surface area contributed by atoms with Crippen LogP contribution in [0.3, 0.4) is 0 Å². The maximum Gasteiger partial charge on any atom is 0.343 e. The number of nitro groups is 1. The summed E-state index contributed by atoms with van der Waals surface area (Å²) < 4.78 is 6.79. The van der Waals surface area contributed by atoms with Crippen LogP contribution in [0.5, 0.6) is 5.75 Å². The van der Waals surface area contributed by atoms with E-state index in [1.54, 1.807) is 30.5 Å². The Morgan fingerprint density at radius 1 is 1.13 bits per heavy atom. The average molecular weight is 434 g/mol. The molecule has 0 fully saturated rings. The van der Waals surface area contributed by atoms with Gasteiger partial charge in [-0.2, -0.15) is 0 Å². The van der Waals surface area contributed by atoms with Crippen LogP contribution < -0.4 is 10.1 Å². The van der Waals surface area contributed by atoms with Crippen molar-refractivity contribution in [1.82, 2.24) is 9.55 Å². The molecular formula is C21H14N4O5S. The zero-order valence-electron chi connectivity index (χ0n) is 15.8. The Kier molecular flexibility index (Phi) is 5.54. The van der Waals surface area contributed by atoms with Gasteiger partial charge in [0, 0.05) is 24.1 Å². The van der Waals surface area contributed by atoms with E-state index in [4.69, 9.17) is 4.74 Å². The van der Waals surface area contributed by atoms with E-state index in [-0.39, 0.29) is 28.6 Å². The van der Waals surface area contributed by atoms with Crippen LogP contribution in [0.4, 0.5) is 11.4 Å². The van der Waals surface area contributed by atoms with E-state index in [0.717, 1.165) is 6.07 Å². The van der Waals surface area contributed by atoms with Crippen LogP contribution in [-0.2, 0) is 0 Å². The molecule has 0 unspecified atom stereocenters. The van der Waals surface area contributed by atoms with Gasteiger partial charge in [-0.25, -0.2) is 9.78 Å². The Bertz CT molecular complexity index is 1240. The van der Waals surface area contributed by atoms with Gasteiger partial charge in [0.15, 0.2) is 0 Å². The summed E-state index contributed by atoms with van der Waals surface area (Å²) in [5.74, 6) is -0.735. The number of esters is 1. The molecule has 4 aromatic rings. The highest BCUT2D eigenvalue weighted by molar-refractivity contribution is 7.12. The van der Waals surface area contributed by atoms with Crippen molar-refractivity contribution in [2.45, 2.75) is 0 Å². The van der Waals surface area contributed by atoms with Crippen molar-refractivity contribution >= 4 is 34.6 Å². The largest absolute Gasteiger partial charge is 0.423 e. The molecule has 0 atom stereocenters. The predicted octanol–water partition coefficient (Wildman–Crippen LogP) is 4.31. The lowest BCUT2D eigenvalue weighted by molar-refractivity contribution is -0.384. The van der Waals surface area contributed by atoms with Crippen molar-refractivity contribution in [2.24, 2.45) is 0 Å². The van der Waals surface area contributed by atoms with E-state index < -0.39 is 10.9 Å². The molecule has 0 spiro atoms. The number of hydrogen-bond donors (Lipinski definition) is 1. The fraction of sp³-hybridized carbons (Fsp3) is 0. The molecule has 0 saturated carbocycles. The number of hydrogen-bond acceptors (Lipinski definition) is 7. The smallest absolute Gasteiger partial charge is 0.343 e. The van der Waals surface area contributed by atoms with Crippen molar-refractivity contribution in [3.63, 3.8) is 0 Å². The van der Waals surface area contributed by atoms with E-state index in [2.05, 4.69) is 10.3 Å². The first-order chi connectivity index (χ1) is 15.0. The summed E-state index contributed by atoms with van der Waals surface area (Å²) in [6.45, 7) is 0. The van der Waals surface area contributed by atoms with Crippen molar-refractivity contribution in [1.29, 1.82) is 0 Å². The van der Waals surface area contributed by atoms with Crippen LogP contribution in [0.1, 0.15) is 20.0 Å². The predicted molar refractivity (Wildman–Crippen MR) is 114 cm³/mol. The van der Waals surface area contributed by atoms with E-state index in [0.29, 0.717) is 10.6 Å². The number of anilines is 1. The van der Waals surface area contributed by atoms with E-state index in [9.17, 15) is 19.7 Å². The van der Waals surface area contributed by atoms with Crippen molar-refractivity contribution in [3.8, 4) is 11.4 Å². The highest BCUT2D eigenvalue weighted by Crippen LogP contribution is 2.25. The molecule has 0 aliphatic heterocycles. The lowest BCUT2D eigenvalue weighted by atomic mass is 10.1. The maximum atomic E-state index is 12.5. The second kappa shape index (κ2) is 8.59. The Labute approximate surface area is 179 Å². The zero-order chi connectivity index (χ0) is 21.8. The lowest BCUT2D eigenvalue weighted by Gasteiger charge is -2.08. The number of carbonyl (C=O) groups is 2. The van der Waals surface area contributed by atoms with Crippen molar-refractivity contribution in [2.75, 3.05) is 5.32 Å². The van der Waals surface area contributed by atoms with Gasteiger partial charge < -0.3 is 14.6 Å². The molecule has 31 heavy (non-hydrogen) atoms. The number of nitrogens with one attached hydrogen (secondary N) is 1. The van der Waals surface area contributed by atoms with Crippen LogP contribution in [0.15, 0.2) is 78.7 Å². The molecule has 0 bridgehead atoms. The minimum Gasteiger partial charge on any atom is -0.423 e. The first-order valence-corrected chi connectivity index (χ1v) is 9.83. The second-order valence-electron chi connectivity index (χ2n) is 6.28.